The van der Waals surface area contributed by atoms with E-state index in [4.69, 9.17) is 11.6 Å². The molecule has 1 heterocycles. The number of thiophene rings is 1. The van der Waals surface area contributed by atoms with Gasteiger partial charge < -0.3 is 0 Å². The average molecular weight is 293 g/mol. The summed E-state index contributed by atoms with van der Waals surface area (Å²) in [5, 5.41) is 4.51. The molecule has 0 spiro atoms. The molecule has 3 nitrogen and oxygen atoms in total. The van der Waals surface area contributed by atoms with E-state index in [0.29, 0.717) is 10.6 Å². The minimum absolute atomic E-state index is 0.307. The van der Waals surface area contributed by atoms with Gasteiger partial charge in [0.25, 0.3) is 5.91 Å². The molecule has 0 saturated carbocycles. The zero-order chi connectivity index (χ0) is 13.8. The number of carbonyl (C=O) groups is 1. The van der Waals surface area contributed by atoms with Crippen LogP contribution in [0.4, 0.5) is 0 Å². The standard InChI is InChI=1S/C14H13ClN2OS/c1-9-7-8-13(19-9)10(2)16-17-14(18)11-5-3-4-6-12(11)15/h3-8H,1-2H3,(H,17,18). The highest BCUT2D eigenvalue weighted by molar-refractivity contribution is 7.14. The van der Waals surface area contributed by atoms with Crippen LogP contribution in [0.15, 0.2) is 41.5 Å². The second-order valence-electron chi connectivity index (χ2n) is 4.03. The van der Waals surface area contributed by atoms with E-state index in [2.05, 4.69) is 10.5 Å². The summed E-state index contributed by atoms with van der Waals surface area (Å²) in [6.07, 6.45) is 0. The van der Waals surface area contributed by atoms with Crippen LogP contribution in [0.5, 0.6) is 0 Å². The van der Waals surface area contributed by atoms with Gasteiger partial charge in [0.05, 0.1) is 21.2 Å². The Bertz CT molecular complexity index is 634. The fourth-order valence-electron chi connectivity index (χ4n) is 1.52. The number of hydrazone groups is 1. The van der Waals surface area contributed by atoms with Gasteiger partial charge in [0.2, 0.25) is 0 Å². The smallest absolute Gasteiger partial charge is 0.267 e. The molecule has 98 valence electrons. The van der Waals surface area contributed by atoms with Gasteiger partial charge in [-0.05, 0) is 38.1 Å². The van der Waals surface area contributed by atoms with Crippen LogP contribution in [0.1, 0.15) is 27.0 Å². The summed E-state index contributed by atoms with van der Waals surface area (Å²) in [5.41, 5.74) is 3.71. The lowest BCUT2D eigenvalue weighted by molar-refractivity contribution is 0.0955. The Morgan fingerprint density at radius 3 is 2.63 bits per heavy atom. The van der Waals surface area contributed by atoms with E-state index < -0.39 is 0 Å². The Morgan fingerprint density at radius 1 is 1.26 bits per heavy atom. The maximum atomic E-state index is 11.9. The topological polar surface area (TPSA) is 41.5 Å². The first-order chi connectivity index (χ1) is 9.08. The van der Waals surface area contributed by atoms with Crippen LogP contribution in [0.25, 0.3) is 0 Å². The van der Waals surface area contributed by atoms with E-state index in [-0.39, 0.29) is 5.91 Å². The van der Waals surface area contributed by atoms with Gasteiger partial charge >= 0.3 is 0 Å². The summed E-state index contributed by atoms with van der Waals surface area (Å²) in [6.45, 7) is 3.89. The largest absolute Gasteiger partial charge is 0.272 e. The number of hydrogen-bond acceptors (Lipinski definition) is 3. The molecule has 0 saturated heterocycles. The number of nitrogens with zero attached hydrogens (tertiary/aromatic N) is 1. The summed E-state index contributed by atoms with van der Waals surface area (Å²) in [5.74, 6) is -0.307. The van der Waals surface area contributed by atoms with Crippen molar-refractivity contribution in [2.75, 3.05) is 0 Å². The molecule has 0 fully saturated rings. The lowest BCUT2D eigenvalue weighted by atomic mass is 10.2. The number of halogens is 1. The van der Waals surface area contributed by atoms with Gasteiger partial charge in [-0.1, -0.05) is 23.7 Å². The molecule has 1 amide bonds. The third-order valence-corrected chi connectivity index (χ3v) is 3.98. The first kappa shape index (κ1) is 13.8. The van der Waals surface area contributed by atoms with Crippen LogP contribution in [0.2, 0.25) is 5.02 Å². The zero-order valence-electron chi connectivity index (χ0n) is 10.6. The van der Waals surface area contributed by atoms with E-state index in [9.17, 15) is 4.79 Å². The van der Waals surface area contributed by atoms with Crippen LogP contribution in [-0.4, -0.2) is 11.6 Å². The van der Waals surface area contributed by atoms with Crippen molar-refractivity contribution in [1.29, 1.82) is 0 Å². The maximum absolute atomic E-state index is 11.9. The first-order valence-electron chi connectivity index (χ1n) is 5.74. The van der Waals surface area contributed by atoms with Gasteiger partial charge in [0.15, 0.2) is 0 Å². The molecular formula is C14H13ClN2OS. The lowest BCUT2D eigenvalue weighted by Crippen LogP contribution is -2.19. The van der Waals surface area contributed by atoms with Gasteiger partial charge in [0, 0.05) is 4.88 Å². The van der Waals surface area contributed by atoms with Crippen molar-refractivity contribution < 1.29 is 4.79 Å². The van der Waals surface area contributed by atoms with Crippen molar-refractivity contribution in [3.8, 4) is 0 Å². The lowest BCUT2D eigenvalue weighted by Gasteiger charge is -2.03. The molecule has 0 radical (unpaired) electrons. The van der Waals surface area contributed by atoms with Crippen LogP contribution < -0.4 is 5.43 Å². The molecule has 1 aromatic carbocycles. The third kappa shape index (κ3) is 3.43. The van der Waals surface area contributed by atoms with Crippen LogP contribution in [0, 0.1) is 6.92 Å². The summed E-state index contributed by atoms with van der Waals surface area (Å²) < 4.78 is 0. The van der Waals surface area contributed by atoms with Gasteiger partial charge in [-0.2, -0.15) is 5.10 Å². The number of carbonyl (C=O) groups excluding carboxylic acids is 1. The summed E-state index contributed by atoms with van der Waals surface area (Å²) in [7, 11) is 0. The van der Waals surface area contributed by atoms with Crippen LogP contribution >= 0.6 is 22.9 Å². The average Bonchev–Trinajstić information content (AvgIpc) is 2.83. The molecule has 0 bridgehead atoms. The fourth-order valence-corrected chi connectivity index (χ4v) is 2.56. The maximum Gasteiger partial charge on any atom is 0.272 e. The van der Waals surface area contributed by atoms with Crippen LogP contribution in [-0.2, 0) is 0 Å². The monoisotopic (exact) mass is 292 g/mol. The van der Waals surface area contributed by atoms with Gasteiger partial charge in [-0.15, -0.1) is 11.3 Å². The van der Waals surface area contributed by atoms with E-state index in [1.165, 1.54) is 4.88 Å². The quantitative estimate of drug-likeness (QED) is 0.677. The minimum Gasteiger partial charge on any atom is -0.267 e. The van der Waals surface area contributed by atoms with Crippen molar-refractivity contribution >= 4 is 34.6 Å². The van der Waals surface area contributed by atoms with Gasteiger partial charge in [0.1, 0.15) is 0 Å². The molecule has 1 aromatic heterocycles. The van der Waals surface area contributed by atoms with Crippen molar-refractivity contribution in [3.63, 3.8) is 0 Å². The third-order valence-electron chi connectivity index (χ3n) is 2.54. The van der Waals surface area contributed by atoms with E-state index in [0.717, 1.165) is 10.6 Å². The Morgan fingerprint density at radius 2 is 2.00 bits per heavy atom. The Hall–Kier alpha value is -1.65. The summed E-state index contributed by atoms with van der Waals surface area (Å²) in [4.78, 5) is 14.2. The van der Waals surface area contributed by atoms with E-state index in [1.807, 2.05) is 26.0 Å². The van der Waals surface area contributed by atoms with Gasteiger partial charge in [-0.25, -0.2) is 5.43 Å². The molecule has 2 rings (SSSR count). The molecule has 0 aliphatic carbocycles. The highest BCUT2D eigenvalue weighted by Gasteiger charge is 2.09. The number of rotatable bonds is 3. The molecule has 0 unspecified atom stereocenters. The molecule has 5 heteroatoms. The molecule has 1 N–H and O–H groups in total. The minimum atomic E-state index is -0.307. The highest BCUT2D eigenvalue weighted by Crippen LogP contribution is 2.16. The number of nitrogens with one attached hydrogen (secondary N) is 1. The number of hydrogen-bond donors (Lipinski definition) is 1. The van der Waals surface area contributed by atoms with Gasteiger partial charge in [-0.3, -0.25) is 4.79 Å². The SMILES string of the molecule is CC(=NNC(=O)c1ccccc1Cl)c1ccc(C)s1. The van der Waals surface area contributed by atoms with Crippen molar-refractivity contribution in [2.45, 2.75) is 13.8 Å². The first-order valence-corrected chi connectivity index (χ1v) is 6.93. The highest BCUT2D eigenvalue weighted by atomic mass is 35.5. The molecule has 2 aromatic rings. The van der Waals surface area contributed by atoms with E-state index >= 15 is 0 Å². The molecule has 19 heavy (non-hydrogen) atoms. The second kappa shape index (κ2) is 5.99. The molecule has 0 aliphatic rings. The predicted molar refractivity (Wildman–Crippen MR) is 80.2 cm³/mol. The number of amides is 1. The number of benzene rings is 1. The summed E-state index contributed by atoms with van der Waals surface area (Å²) in [6, 6.07) is 10.9. The van der Waals surface area contributed by atoms with Crippen LogP contribution in [0.3, 0.4) is 0 Å². The molecule has 0 aliphatic heterocycles. The predicted octanol–water partition coefficient (Wildman–Crippen LogP) is 3.86. The second-order valence-corrected chi connectivity index (χ2v) is 5.72. The fraction of sp³-hybridized carbons (Fsp3) is 0.143. The van der Waals surface area contributed by atoms with E-state index in [1.54, 1.807) is 35.6 Å². The van der Waals surface area contributed by atoms with Crippen molar-refractivity contribution in [2.24, 2.45) is 5.10 Å². The Labute approximate surface area is 120 Å². The Kier molecular flexibility index (Phi) is 4.35. The van der Waals surface area contributed by atoms with Crippen molar-refractivity contribution in [1.82, 2.24) is 5.43 Å². The zero-order valence-corrected chi connectivity index (χ0v) is 12.2. The summed E-state index contributed by atoms with van der Waals surface area (Å²) >= 11 is 7.59. The number of aryl methyl sites for hydroxylation is 1. The molecular weight excluding hydrogens is 280 g/mol. The Balaban J connectivity index is 2.10. The normalized spacial score (nSPS) is 11.4. The van der Waals surface area contributed by atoms with Crippen molar-refractivity contribution in [3.05, 3.63) is 56.7 Å². The molecule has 0 atom stereocenters.